The van der Waals surface area contributed by atoms with Crippen molar-refractivity contribution in [1.29, 1.82) is 0 Å². The Balaban J connectivity index is 0.00000158. The molecule has 0 aromatic carbocycles. The predicted octanol–water partition coefficient (Wildman–Crippen LogP) is -6.22. The monoisotopic (exact) mass is 406 g/mol. The molecule has 0 unspecified atom stereocenters. The van der Waals surface area contributed by atoms with Gasteiger partial charge in [-0.15, -0.1) is 0 Å². The quantitative estimate of drug-likeness (QED) is 0.212. The summed E-state index contributed by atoms with van der Waals surface area (Å²) in [4.78, 5) is 0. The Kier molecular flexibility index (Phi) is 11.9. The van der Waals surface area contributed by atoms with E-state index < -0.39 is 74.6 Å². The van der Waals surface area contributed by atoms with Crippen molar-refractivity contribution in [2.24, 2.45) is 0 Å². The van der Waals surface area contributed by atoms with Crippen molar-refractivity contribution in [2.75, 3.05) is 19.8 Å². The SMILES string of the molecule is CCO.O.OC[C@H]1O[C@@H](O[C@H]2[C@H](O)[C@@H](O)[C@H](O)O[C@@H]2CO)[C@H](O)[C@@H](O)[C@H]1O. The van der Waals surface area contributed by atoms with Gasteiger partial charge in [-0.1, -0.05) is 0 Å². The van der Waals surface area contributed by atoms with Gasteiger partial charge < -0.3 is 65.6 Å². The summed E-state index contributed by atoms with van der Waals surface area (Å²) in [6, 6.07) is 0. The third-order valence-corrected chi connectivity index (χ3v) is 3.98. The summed E-state index contributed by atoms with van der Waals surface area (Å²) in [5.74, 6) is 0. The first-order valence-electron chi connectivity index (χ1n) is 8.10. The highest BCUT2D eigenvalue weighted by atomic mass is 16.7. The highest BCUT2D eigenvalue weighted by Crippen LogP contribution is 2.28. The zero-order valence-corrected chi connectivity index (χ0v) is 14.6. The molecule has 0 aromatic heterocycles. The van der Waals surface area contributed by atoms with Crippen LogP contribution < -0.4 is 0 Å². The van der Waals surface area contributed by atoms with Gasteiger partial charge in [0.05, 0.1) is 13.2 Å². The second kappa shape index (κ2) is 12.1. The van der Waals surface area contributed by atoms with E-state index in [2.05, 4.69) is 0 Å². The minimum atomic E-state index is -1.74. The molecule has 0 radical (unpaired) electrons. The molecule has 10 atom stereocenters. The summed E-state index contributed by atoms with van der Waals surface area (Å²) < 4.78 is 15.3. The number of ether oxygens (including phenoxy) is 3. The average Bonchev–Trinajstić information content (AvgIpc) is 2.62. The lowest BCUT2D eigenvalue weighted by molar-refractivity contribution is -0.355. The van der Waals surface area contributed by atoms with Gasteiger partial charge in [-0.2, -0.15) is 0 Å². The smallest absolute Gasteiger partial charge is 0.187 e. The van der Waals surface area contributed by atoms with Crippen molar-refractivity contribution in [3.05, 3.63) is 0 Å². The lowest BCUT2D eigenvalue weighted by atomic mass is 9.97. The van der Waals surface area contributed by atoms with Gasteiger partial charge in [0.15, 0.2) is 12.6 Å². The van der Waals surface area contributed by atoms with E-state index in [0.29, 0.717) is 0 Å². The van der Waals surface area contributed by atoms with E-state index in [0.717, 1.165) is 0 Å². The van der Waals surface area contributed by atoms with Crippen molar-refractivity contribution in [3.63, 3.8) is 0 Å². The van der Waals surface area contributed by atoms with E-state index in [-0.39, 0.29) is 12.1 Å². The third kappa shape index (κ3) is 6.23. The lowest BCUT2D eigenvalue weighted by Crippen LogP contribution is -2.64. The van der Waals surface area contributed by atoms with E-state index in [9.17, 15) is 35.7 Å². The number of hydrogen-bond acceptors (Lipinski definition) is 12. The molecule has 0 bridgehead atoms. The first-order chi connectivity index (χ1) is 12.2. The zero-order chi connectivity index (χ0) is 20.0. The summed E-state index contributed by atoms with van der Waals surface area (Å²) >= 11 is 0. The summed E-state index contributed by atoms with van der Waals surface area (Å²) in [5.41, 5.74) is 0. The van der Waals surface area contributed by atoms with Crippen LogP contribution >= 0.6 is 0 Å². The maximum Gasteiger partial charge on any atom is 0.187 e. The van der Waals surface area contributed by atoms with E-state index in [1.165, 1.54) is 0 Å². The molecule has 2 fully saturated rings. The molecule has 0 aliphatic carbocycles. The minimum Gasteiger partial charge on any atom is -0.412 e. The minimum absolute atomic E-state index is 0. The molecule has 2 aliphatic heterocycles. The molecular formula is C14H30O13. The van der Waals surface area contributed by atoms with Gasteiger partial charge in [-0.05, 0) is 6.92 Å². The number of rotatable bonds is 4. The second-order valence-corrected chi connectivity index (χ2v) is 5.84. The molecule has 13 heteroatoms. The molecule has 0 saturated carbocycles. The van der Waals surface area contributed by atoms with Crippen molar-refractivity contribution in [1.82, 2.24) is 0 Å². The maximum atomic E-state index is 9.94. The van der Waals surface area contributed by atoms with Crippen molar-refractivity contribution >= 4 is 0 Å². The fraction of sp³-hybridized carbons (Fsp3) is 1.00. The van der Waals surface area contributed by atoms with Gasteiger partial charge in [-0.3, -0.25) is 0 Å². The van der Waals surface area contributed by atoms with Crippen molar-refractivity contribution < 1.29 is 65.6 Å². The zero-order valence-electron chi connectivity index (χ0n) is 14.6. The normalized spacial score (nSPS) is 44.7. The Morgan fingerprint density at radius 1 is 0.704 bits per heavy atom. The molecule has 13 nitrogen and oxygen atoms in total. The summed E-state index contributed by atoms with van der Waals surface area (Å²) in [7, 11) is 0. The van der Waals surface area contributed by atoms with Gasteiger partial charge in [0.1, 0.15) is 48.8 Å². The van der Waals surface area contributed by atoms with Crippen LogP contribution in [0.1, 0.15) is 6.92 Å². The predicted molar refractivity (Wildman–Crippen MR) is 85.0 cm³/mol. The van der Waals surface area contributed by atoms with Gasteiger partial charge >= 0.3 is 0 Å². The van der Waals surface area contributed by atoms with Crippen LogP contribution in [0.4, 0.5) is 0 Å². The van der Waals surface area contributed by atoms with E-state index in [1.807, 2.05) is 0 Å². The molecule has 2 rings (SSSR count). The summed E-state index contributed by atoms with van der Waals surface area (Å²) in [6.07, 6.45) is -15.6. The molecule has 164 valence electrons. The maximum absolute atomic E-state index is 9.94. The van der Waals surface area contributed by atoms with Crippen LogP contribution in [0.5, 0.6) is 0 Å². The standard InChI is InChI=1S/C12H22O11.C2H6O.H2O/c13-1-3-5(15)6(16)9(19)12(22-3)23-10-4(2-14)21-11(20)8(18)7(10)17;1-2-3;/h3-20H,1-2H2;3H,2H2,1H3;1H2/t3-,4-,5+,6+,7-,8-,9-,10-,11-,12+;;/m1../s1. The van der Waals surface area contributed by atoms with Crippen LogP contribution in [-0.4, -0.2) is 133 Å². The van der Waals surface area contributed by atoms with Crippen LogP contribution in [0.25, 0.3) is 0 Å². The van der Waals surface area contributed by atoms with Crippen LogP contribution in [-0.2, 0) is 14.2 Å². The Labute approximate surface area is 154 Å². The van der Waals surface area contributed by atoms with E-state index in [1.54, 1.807) is 6.92 Å². The number of hydrogen-bond donors (Lipinski definition) is 9. The first kappa shape index (κ1) is 26.5. The first-order valence-corrected chi connectivity index (χ1v) is 8.10. The molecule has 0 aromatic rings. The Morgan fingerprint density at radius 3 is 1.70 bits per heavy atom. The topological polar surface area (TPSA) is 241 Å². The molecule has 2 saturated heterocycles. The molecule has 0 spiro atoms. The lowest BCUT2D eigenvalue weighted by Gasteiger charge is -2.45. The number of aliphatic hydroxyl groups is 9. The van der Waals surface area contributed by atoms with Gasteiger partial charge in [0.25, 0.3) is 0 Å². The Bertz CT molecular complexity index is 395. The molecule has 2 aliphatic rings. The number of aliphatic hydroxyl groups excluding tert-OH is 9. The summed E-state index contributed by atoms with van der Waals surface area (Å²) in [5, 5.41) is 84.1. The van der Waals surface area contributed by atoms with Crippen molar-refractivity contribution in [3.8, 4) is 0 Å². The fourth-order valence-electron chi connectivity index (χ4n) is 2.57. The fourth-order valence-corrected chi connectivity index (χ4v) is 2.57. The highest BCUT2D eigenvalue weighted by Gasteiger charge is 2.50. The van der Waals surface area contributed by atoms with Crippen LogP contribution in [0.15, 0.2) is 0 Å². The van der Waals surface area contributed by atoms with Crippen molar-refractivity contribution in [2.45, 2.75) is 68.3 Å². The molecule has 2 heterocycles. The summed E-state index contributed by atoms with van der Waals surface area (Å²) in [6.45, 7) is 0.586. The second-order valence-electron chi connectivity index (χ2n) is 5.84. The molecule has 11 N–H and O–H groups in total. The molecule has 0 amide bonds. The molecule has 27 heavy (non-hydrogen) atoms. The Hall–Kier alpha value is -0.520. The van der Waals surface area contributed by atoms with E-state index >= 15 is 0 Å². The van der Waals surface area contributed by atoms with E-state index in [4.69, 9.17) is 24.4 Å². The van der Waals surface area contributed by atoms with Gasteiger partial charge in [0.2, 0.25) is 0 Å². The van der Waals surface area contributed by atoms with Crippen LogP contribution in [0.3, 0.4) is 0 Å². The van der Waals surface area contributed by atoms with Crippen LogP contribution in [0, 0.1) is 0 Å². The van der Waals surface area contributed by atoms with Gasteiger partial charge in [0, 0.05) is 6.61 Å². The third-order valence-electron chi connectivity index (χ3n) is 3.98. The average molecular weight is 406 g/mol. The van der Waals surface area contributed by atoms with Crippen LogP contribution in [0.2, 0.25) is 0 Å². The van der Waals surface area contributed by atoms with Gasteiger partial charge in [-0.25, -0.2) is 0 Å². The Morgan fingerprint density at radius 2 is 1.22 bits per heavy atom. The largest absolute Gasteiger partial charge is 0.412 e. The molecular weight excluding hydrogens is 376 g/mol. The highest BCUT2D eigenvalue weighted by molar-refractivity contribution is 4.93.